The Hall–Kier alpha value is -1.30. The van der Waals surface area contributed by atoms with Crippen molar-refractivity contribution in [2.75, 3.05) is 0 Å². The molecule has 0 spiro atoms. The van der Waals surface area contributed by atoms with Crippen molar-refractivity contribution in [1.82, 2.24) is 0 Å². The van der Waals surface area contributed by atoms with E-state index in [-0.39, 0.29) is 0 Å². The van der Waals surface area contributed by atoms with Crippen LogP contribution in [0.1, 0.15) is 56.9 Å². The second-order valence-corrected chi connectivity index (χ2v) is 5.64. The average Bonchev–Trinajstić information content (AvgIpc) is 2.82. The van der Waals surface area contributed by atoms with E-state index in [0.29, 0.717) is 5.92 Å². The first-order valence-corrected chi connectivity index (χ1v) is 7.34. The van der Waals surface area contributed by atoms with Crippen LogP contribution in [-0.4, -0.2) is 0 Å². The van der Waals surface area contributed by atoms with Gasteiger partial charge in [0.05, 0.1) is 0 Å². The minimum absolute atomic E-state index is 0.671. The van der Waals surface area contributed by atoms with E-state index >= 15 is 0 Å². The topological polar surface area (TPSA) is 0 Å². The van der Waals surface area contributed by atoms with Crippen LogP contribution >= 0.6 is 0 Å². The summed E-state index contributed by atoms with van der Waals surface area (Å²) in [6.45, 7) is 2.28. The third-order valence-electron chi connectivity index (χ3n) is 4.33. The lowest BCUT2D eigenvalue weighted by atomic mass is 9.80. The molecule has 0 aromatic heterocycles. The van der Waals surface area contributed by atoms with Crippen molar-refractivity contribution in [3.63, 3.8) is 0 Å². The van der Waals surface area contributed by atoms with Gasteiger partial charge in [0.1, 0.15) is 0 Å². The summed E-state index contributed by atoms with van der Waals surface area (Å²) in [7, 11) is 0. The van der Waals surface area contributed by atoms with Crippen LogP contribution in [0.4, 0.5) is 0 Å². The van der Waals surface area contributed by atoms with Gasteiger partial charge in [0.25, 0.3) is 0 Å². The highest BCUT2D eigenvalue weighted by Crippen LogP contribution is 2.44. The van der Waals surface area contributed by atoms with E-state index < -0.39 is 0 Å². The van der Waals surface area contributed by atoms with Crippen LogP contribution in [0.2, 0.25) is 0 Å². The highest BCUT2D eigenvalue weighted by atomic mass is 14.3. The van der Waals surface area contributed by atoms with Gasteiger partial charge in [-0.25, -0.2) is 0 Å². The Labute approximate surface area is 110 Å². The third kappa shape index (κ3) is 2.16. The molecule has 0 fully saturated rings. The highest BCUT2D eigenvalue weighted by molar-refractivity contribution is 5.47. The van der Waals surface area contributed by atoms with Crippen LogP contribution in [0.25, 0.3) is 0 Å². The summed E-state index contributed by atoms with van der Waals surface area (Å²) in [5, 5.41) is 0. The Morgan fingerprint density at radius 2 is 2.00 bits per heavy atom. The molecule has 3 rings (SSSR count). The van der Waals surface area contributed by atoms with Crippen LogP contribution < -0.4 is 0 Å². The zero-order valence-corrected chi connectivity index (χ0v) is 11.3. The fraction of sp³-hybridized carbons (Fsp3) is 0.444. The van der Waals surface area contributed by atoms with E-state index in [4.69, 9.17) is 0 Å². The smallest absolute Gasteiger partial charge is 0.00891 e. The van der Waals surface area contributed by atoms with Crippen LogP contribution in [0, 0.1) is 0 Å². The van der Waals surface area contributed by atoms with Gasteiger partial charge < -0.3 is 0 Å². The molecule has 0 heteroatoms. The summed E-state index contributed by atoms with van der Waals surface area (Å²) >= 11 is 0. The zero-order valence-electron chi connectivity index (χ0n) is 11.3. The van der Waals surface area contributed by atoms with Gasteiger partial charge in [0.15, 0.2) is 0 Å². The molecule has 1 aromatic rings. The summed E-state index contributed by atoms with van der Waals surface area (Å²) < 4.78 is 0. The summed E-state index contributed by atoms with van der Waals surface area (Å²) in [6, 6.07) is 11.1. The van der Waals surface area contributed by atoms with Gasteiger partial charge in [-0.2, -0.15) is 0 Å². The van der Waals surface area contributed by atoms with E-state index in [1.54, 1.807) is 16.7 Å². The molecular weight excluding hydrogens is 216 g/mol. The Kier molecular flexibility index (Phi) is 3.36. The van der Waals surface area contributed by atoms with Crippen molar-refractivity contribution < 1.29 is 0 Å². The van der Waals surface area contributed by atoms with Gasteiger partial charge in [0, 0.05) is 5.92 Å². The van der Waals surface area contributed by atoms with Gasteiger partial charge in [-0.15, -0.1) is 0 Å². The number of benzene rings is 1. The molecule has 1 aromatic carbocycles. The molecule has 0 saturated carbocycles. The van der Waals surface area contributed by atoms with Crippen molar-refractivity contribution in [1.29, 1.82) is 0 Å². The lowest BCUT2D eigenvalue weighted by molar-refractivity contribution is 0.611. The molecule has 0 saturated heterocycles. The third-order valence-corrected chi connectivity index (χ3v) is 4.33. The summed E-state index contributed by atoms with van der Waals surface area (Å²) in [4.78, 5) is 0. The van der Waals surface area contributed by atoms with E-state index in [1.807, 2.05) is 0 Å². The van der Waals surface area contributed by atoms with Gasteiger partial charge >= 0.3 is 0 Å². The highest BCUT2D eigenvalue weighted by Gasteiger charge is 2.26. The molecule has 1 atom stereocenters. The molecule has 2 aliphatic rings. The minimum Gasteiger partial charge on any atom is -0.0659 e. The maximum atomic E-state index is 2.52. The molecule has 0 bridgehead atoms. The monoisotopic (exact) mass is 238 g/mol. The van der Waals surface area contributed by atoms with Crippen LogP contribution in [-0.2, 0) is 0 Å². The number of allylic oxidation sites excluding steroid dienone is 4. The predicted molar refractivity (Wildman–Crippen MR) is 77.7 cm³/mol. The summed E-state index contributed by atoms with van der Waals surface area (Å²) in [6.07, 6.45) is 10.4. The van der Waals surface area contributed by atoms with Gasteiger partial charge in [-0.3, -0.25) is 0 Å². The van der Waals surface area contributed by atoms with Crippen molar-refractivity contribution in [2.45, 2.75) is 51.4 Å². The molecule has 94 valence electrons. The Morgan fingerprint density at radius 1 is 1.17 bits per heavy atom. The second kappa shape index (κ2) is 5.14. The first-order valence-electron chi connectivity index (χ1n) is 7.34. The first kappa shape index (κ1) is 11.8. The van der Waals surface area contributed by atoms with Crippen LogP contribution in [0.5, 0.6) is 0 Å². The molecular formula is C18H22. The standard InChI is InChI=1S/C18H22/c1-2-7-14-12-16-10-6-11-17(18(16)13-14)15-8-4-3-5-9-15/h3-5,8-9,13,17H,2,6-7,10-12H2,1H3. The predicted octanol–water partition coefficient (Wildman–Crippen LogP) is 5.38. The van der Waals surface area contributed by atoms with Gasteiger partial charge in [-0.05, 0) is 43.2 Å². The van der Waals surface area contributed by atoms with E-state index in [9.17, 15) is 0 Å². The number of hydrogen-bond acceptors (Lipinski definition) is 0. The zero-order chi connectivity index (χ0) is 12.4. The Balaban J connectivity index is 1.89. The van der Waals surface area contributed by atoms with Crippen LogP contribution in [0.3, 0.4) is 0 Å². The molecule has 0 aliphatic heterocycles. The van der Waals surface area contributed by atoms with Gasteiger partial charge in [0.2, 0.25) is 0 Å². The first-order chi connectivity index (χ1) is 8.88. The van der Waals surface area contributed by atoms with Crippen molar-refractivity contribution in [2.24, 2.45) is 0 Å². The average molecular weight is 238 g/mol. The number of hydrogen-bond donors (Lipinski definition) is 0. The molecule has 18 heavy (non-hydrogen) atoms. The summed E-state index contributed by atoms with van der Waals surface area (Å²) in [5.74, 6) is 0.671. The largest absolute Gasteiger partial charge is 0.0659 e. The molecule has 0 N–H and O–H groups in total. The molecule has 2 aliphatic carbocycles. The van der Waals surface area contributed by atoms with Crippen LogP contribution in [0.15, 0.2) is 53.1 Å². The molecule has 1 unspecified atom stereocenters. The Morgan fingerprint density at radius 3 is 2.78 bits per heavy atom. The molecule has 0 nitrogen and oxygen atoms in total. The van der Waals surface area contributed by atoms with E-state index in [2.05, 4.69) is 43.3 Å². The van der Waals surface area contributed by atoms with E-state index in [1.165, 1.54) is 44.1 Å². The normalized spacial score (nSPS) is 22.9. The maximum absolute atomic E-state index is 2.52. The van der Waals surface area contributed by atoms with Crippen molar-refractivity contribution in [3.8, 4) is 0 Å². The van der Waals surface area contributed by atoms with Crippen molar-refractivity contribution in [3.05, 3.63) is 58.7 Å². The fourth-order valence-corrected chi connectivity index (χ4v) is 3.52. The molecule has 0 radical (unpaired) electrons. The number of rotatable bonds is 3. The summed E-state index contributed by atoms with van der Waals surface area (Å²) in [5.41, 5.74) is 6.58. The quantitative estimate of drug-likeness (QED) is 0.663. The Bertz CT molecular complexity index is 476. The molecule has 0 amide bonds. The fourth-order valence-electron chi connectivity index (χ4n) is 3.52. The van der Waals surface area contributed by atoms with Crippen molar-refractivity contribution >= 4 is 0 Å². The lowest BCUT2D eigenvalue weighted by Gasteiger charge is -2.24. The molecule has 0 heterocycles. The van der Waals surface area contributed by atoms with Gasteiger partial charge in [-0.1, -0.05) is 60.9 Å². The maximum Gasteiger partial charge on any atom is 0.00891 e. The SMILES string of the molecule is CCCC1=CC2=C(CCCC2c2ccccc2)C1. The minimum atomic E-state index is 0.671. The lowest BCUT2D eigenvalue weighted by Crippen LogP contribution is -2.07. The van der Waals surface area contributed by atoms with E-state index in [0.717, 1.165) is 0 Å². The second-order valence-electron chi connectivity index (χ2n) is 5.64.